The fourth-order valence-corrected chi connectivity index (χ4v) is 3.20. The first-order valence-electron chi connectivity index (χ1n) is 10.8. The molecule has 35 heavy (non-hydrogen) atoms. The molecule has 0 aromatic heterocycles. The van der Waals surface area contributed by atoms with Crippen LogP contribution in [0.1, 0.15) is 23.1 Å². The number of hydrogen-bond donors (Lipinski definition) is 0. The van der Waals surface area contributed by atoms with E-state index in [1.807, 2.05) is 79.7 Å². The van der Waals surface area contributed by atoms with Crippen LogP contribution in [0, 0.1) is 31.2 Å². The number of rotatable bonds is 0. The molecule has 2 aliphatic rings. The molecule has 2 aliphatic carbocycles. The van der Waals surface area contributed by atoms with Crippen LogP contribution in [0.2, 0.25) is 0 Å². The van der Waals surface area contributed by atoms with Crippen molar-refractivity contribution >= 4 is 31.7 Å². The van der Waals surface area contributed by atoms with Crippen molar-refractivity contribution in [2.45, 2.75) is 19.8 Å². The van der Waals surface area contributed by atoms with E-state index in [0.717, 1.165) is 12.8 Å². The average Bonchev–Trinajstić information content (AvgIpc) is 3.60. The molecule has 4 aromatic rings. The number of hydrogen-bond acceptors (Lipinski definition) is 0. The number of benzene rings is 4. The molecular weight excluding hydrogens is 563 g/mol. The summed E-state index contributed by atoms with van der Waals surface area (Å²) in [7, 11) is 0. The van der Waals surface area contributed by atoms with Crippen molar-refractivity contribution in [1.29, 1.82) is 0 Å². The maximum absolute atomic E-state index is 3.43. The minimum atomic E-state index is 0. The zero-order chi connectivity index (χ0) is 23.6. The molecule has 0 heterocycles. The largest absolute Gasteiger partial charge is 0.184 e. The Morgan fingerprint density at radius 2 is 1.31 bits per heavy atom. The summed E-state index contributed by atoms with van der Waals surface area (Å²) in [6.45, 7) is 4.05. The third-order valence-corrected chi connectivity index (χ3v) is 4.65. The van der Waals surface area contributed by atoms with Crippen molar-refractivity contribution in [3.63, 3.8) is 0 Å². The van der Waals surface area contributed by atoms with Crippen molar-refractivity contribution in [2.75, 3.05) is 0 Å². The number of fused-ring (bicyclic) bond motifs is 3. The summed E-state index contributed by atoms with van der Waals surface area (Å²) < 4.78 is 0. The first-order valence-corrected chi connectivity index (χ1v) is 16.8. The van der Waals surface area contributed by atoms with Crippen LogP contribution in [0.15, 0.2) is 115 Å². The molecule has 0 spiro atoms. The van der Waals surface area contributed by atoms with E-state index in [1.54, 1.807) is 23.3 Å². The molecule has 0 fully saturated rings. The topological polar surface area (TPSA) is 0 Å². The van der Waals surface area contributed by atoms with Gasteiger partial charge in [0.25, 0.3) is 0 Å². The van der Waals surface area contributed by atoms with E-state index in [0.29, 0.717) is 0 Å². The van der Waals surface area contributed by atoms with Gasteiger partial charge in [0.2, 0.25) is 0 Å². The second kappa shape index (κ2) is 21.3. The smallest absolute Gasteiger partial charge is 0.171 e. The monoisotopic (exact) mass is 590 g/mol. The molecule has 0 nitrogen and oxygen atoms in total. The molecule has 0 aliphatic heterocycles. The summed E-state index contributed by atoms with van der Waals surface area (Å²) in [6, 6.07) is 41.4. The normalized spacial score (nSPS) is 10.3. The van der Waals surface area contributed by atoms with E-state index in [-0.39, 0.29) is 24.8 Å². The quantitative estimate of drug-likeness (QED) is 0.129. The first kappa shape index (κ1) is 33.0. The Kier molecular flexibility index (Phi) is 20.1. The predicted molar refractivity (Wildman–Crippen MR) is 153 cm³/mol. The molecule has 0 atom stereocenters. The molecule has 0 unspecified atom stereocenters. The Morgan fingerprint density at radius 1 is 0.714 bits per heavy atom. The number of aryl methyl sites for hydroxylation is 1. The molecule has 6 rings (SSSR count). The second-order valence-electron chi connectivity index (χ2n) is 7.03. The van der Waals surface area contributed by atoms with Gasteiger partial charge in [0.05, 0.1) is 0 Å². The van der Waals surface area contributed by atoms with Gasteiger partial charge in [-0.3, -0.25) is 6.08 Å². The molecule has 4 aromatic carbocycles. The molecule has 0 N–H and O–H groups in total. The van der Waals surface area contributed by atoms with Gasteiger partial charge >= 0.3 is 30.2 Å². The van der Waals surface area contributed by atoms with Crippen LogP contribution in [-0.2, 0) is 29.8 Å². The van der Waals surface area contributed by atoms with Crippen LogP contribution in [-0.4, -0.2) is 6.88 Å². The summed E-state index contributed by atoms with van der Waals surface area (Å²) >= 11 is 1.58. The van der Waals surface area contributed by atoms with E-state index in [1.165, 1.54) is 27.8 Å². The van der Waals surface area contributed by atoms with Gasteiger partial charge in [-0.2, -0.15) is 103 Å². The minimum Gasteiger partial charge on any atom is -0.184 e. The Bertz CT molecular complexity index is 1020. The zero-order valence-corrected chi connectivity index (χ0v) is 25.4. The van der Waals surface area contributed by atoms with Gasteiger partial charge in [0.1, 0.15) is 0 Å². The third kappa shape index (κ3) is 13.1. The second-order valence-corrected chi connectivity index (χ2v) is 7.03. The van der Waals surface area contributed by atoms with E-state index in [2.05, 4.69) is 73.7 Å². The molecular formula is C31H30Cl2SiZr-4. The summed E-state index contributed by atoms with van der Waals surface area (Å²) in [4.78, 5) is 0. The van der Waals surface area contributed by atoms with Crippen LogP contribution in [0.4, 0.5) is 0 Å². The van der Waals surface area contributed by atoms with E-state index in [4.69, 9.17) is 0 Å². The maximum atomic E-state index is 3.43. The Morgan fingerprint density at radius 3 is 1.74 bits per heavy atom. The summed E-state index contributed by atoms with van der Waals surface area (Å²) in [5.41, 5.74) is 6.78. The molecule has 0 saturated heterocycles. The van der Waals surface area contributed by atoms with Gasteiger partial charge in [-0.05, 0) is 6.42 Å². The van der Waals surface area contributed by atoms with Crippen LogP contribution >= 0.6 is 24.8 Å². The Labute approximate surface area is 240 Å². The van der Waals surface area contributed by atoms with Crippen molar-refractivity contribution in [2.24, 2.45) is 0 Å². The van der Waals surface area contributed by atoms with E-state index < -0.39 is 0 Å². The standard InChI is InChI=1S/C14H11.2C6H5.C5H5.2ClH.H2Si.Zr/c1-10-6-7-14-12(8-10)9-11-4-2-3-5-13(11)14;2*1-2-4-6-5-3-1;1-2-4-5-3-1;;;;/h2-7H,9H2,1H3;2*1-5H;1-3H,4H2;2*1H;1H2;/q4*-1;;;;. The fraction of sp³-hybridized carbons (Fsp3) is 0.0968. The van der Waals surface area contributed by atoms with Crippen molar-refractivity contribution < 1.29 is 23.3 Å². The van der Waals surface area contributed by atoms with Crippen LogP contribution in [0.5, 0.6) is 0 Å². The molecule has 0 saturated carbocycles. The summed E-state index contributed by atoms with van der Waals surface area (Å²) in [6.07, 6.45) is 11.0. The van der Waals surface area contributed by atoms with Crippen molar-refractivity contribution in [3.05, 3.63) is 156 Å². The van der Waals surface area contributed by atoms with Crippen LogP contribution < -0.4 is 0 Å². The Hall–Kier alpha value is -1.96. The number of halogens is 2. The van der Waals surface area contributed by atoms with Gasteiger partial charge < -0.3 is 0 Å². The minimum absolute atomic E-state index is 0. The molecule has 0 radical (unpaired) electrons. The first-order chi connectivity index (χ1) is 16.3. The summed E-state index contributed by atoms with van der Waals surface area (Å²) in [5, 5.41) is 0. The maximum Gasteiger partial charge on any atom is -0.171 e. The molecule has 4 heteroatoms. The van der Waals surface area contributed by atoms with Gasteiger partial charge in [-0.25, -0.2) is 12.2 Å². The molecule has 0 amide bonds. The molecule has 180 valence electrons. The van der Waals surface area contributed by atoms with Crippen molar-refractivity contribution in [1.82, 2.24) is 0 Å². The van der Waals surface area contributed by atoms with Crippen LogP contribution in [0.3, 0.4) is 0 Å². The fourth-order valence-electron chi connectivity index (χ4n) is 3.20. The van der Waals surface area contributed by atoms with Gasteiger partial charge in [0, 0.05) is 0 Å². The van der Waals surface area contributed by atoms with E-state index >= 15 is 0 Å². The van der Waals surface area contributed by atoms with E-state index in [9.17, 15) is 0 Å². The Balaban J connectivity index is 0.000000467. The third-order valence-electron chi connectivity index (χ3n) is 4.65. The van der Waals surface area contributed by atoms with Gasteiger partial charge in [-0.15, -0.1) is 42.4 Å². The predicted octanol–water partition coefficient (Wildman–Crippen LogP) is 7.57. The SMILES string of the molecule is Cc1[c-]c2c(cc1)-c1ccccc1C2.Cl.Cl.[C-]1=CC=CC1.[SiH2]=[Zr].[c-]1ccccc1.[c-]1ccccc1. The average molecular weight is 593 g/mol. The van der Waals surface area contributed by atoms with Crippen LogP contribution in [0.25, 0.3) is 11.1 Å². The van der Waals surface area contributed by atoms with Gasteiger partial charge in [-0.1, -0.05) is 42.3 Å². The molecule has 0 bridgehead atoms. The van der Waals surface area contributed by atoms with Crippen molar-refractivity contribution in [3.8, 4) is 11.1 Å². The zero-order valence-electron chi connectivity index (χ0n) is 19.9. The van der Waals surface area contributed by atoms with Gasteiger partial charge in [0.15, 0.2) is 0 Å². The number of allylic oxidation sites excluding steroid dienone is 4. The summed E-state index contributed by atoms with van der Waals surface area (Å²) in [5.74, 6) is 0.